The predicted molar refractivity (Wildman–Crippen MR) is 266 cm³/mol. The number of carbonyl (C=O) groups excluding carboxylic acids is 6. The summed E-state index contributed by atoms with van der Waals surface area (Å²) in [5, 5.41) is 0. The molecule has 0 aromatic carbocycles. The fraction of sp³-hybridized carbons (Fsp3) is 0.281. The minimum absolute atomic E-state index is 0.194. The van der Waals surface area contributed by atoms with Crippen LogP contribution in [0.2, 0.25) is 0 Å². The van der Waals surface area contributed by atoms with Crippen molar-refractivity contribution < 1.29 is 28.8 Å². The molecule has 352 valence electrons. The molecule has 2 unspecified atom stereocenters. The molecule has 0 radical (unpaired) electrons. The van der Waals surface area contributed by atoms with E-state index in [-0.39, 0.29) is 23.2 Å². The fourth-order valence-corrected chi connectivity index (χ4v) is 7.68. The monoisotopic (exact) mass is 960 g/mol. The van der Waals surface area contributed by atoms with Crippen LogP contribution in [-0.2, 0) is 28.8 Å². The maximum Gasteiger partial charge on any atom is 0.258 e. The molecule has 10 nitrogen and oxygen atoms in total. The van der Waals surface area contributed by atoms with Crippen LogP contribution in [0.4, 0.5) is 0 Å². The lowest BCUT2D eigenvalue weighted by Crippen LogP contribution is -2.53. The summed E-state index contributed by atoms with van der Waals surface area (Å²) in [6.07, 6.45) is 7.00. The average Bonchev–Trinajstić information content (AvgIpc) is 3.85. The zero-order chi connectivity index (χ0) is 53.3. The molecular formula is C64H40N4O6. The summed E-state index contributed by atoms with van der Waals surface area (Å²) in [7, 11) is 0. The highest BCUT2D eigenvalue weighted by molar-refractivity contribution is 6.13. The topological polar surface area (TPSA) is 115 Å². The van der Waals surface area contributed by atoms with Crippen LogP contribution in [0.15, 0.2) is 232 Å². The van der Waals surface area contributed by atoms with Gasteiger partial charge in [-0.25, -0.2) is 9.80 Å². The molecule has 10 heteroatoms. The fourth-order valence-electron chi connectivity index (χ4n) is 7.68. The first kappa shape index (κ1) is 55.6. The van der Waals surface area contributed by atoms with Crippen LogP contribution in [0.3, 0.4) is 0 Å². The van der Waals surface area contributed by atoms with Gasteiger partial charge in [0.05, 0.1) is 12.8 Å². The molecule has 0 aromatic heterocycles. The van der Waals surface area contributed by atoms with Gasteiger partial charge in [0.25, 0.3) is 11.8 Å². The molecule has 2 aliphatic heterocycles. The number of imide groups is 2. The molecule has 0 aromatic rings. The molecule has 2 atom stereocenters. The van der Waals surface area contributed by atoms with Gasteiger partial charge in [0.2, 0.25) is 23.6 Å². The van der Waals surface area contributed by atoms with Crippen LogP contribution in [0.25, 0.3) is 0 Å². The summed E-state index contributed by atoms with van der Waals surface area (Å²) in [6.45, 7) is 14.0. The van der Waals surface area contributed by atoms with E-state index in [1.165, 1.54) is 23.6 Å². The van der Waals surface area contributed by atoms with Crippen molar-refractivity contribution in [1.29, 1.82) is 0 Å². The number of hydrogen-bond donors (Lipinski definition) is 0. The molecule has 4 aliphatic rings. The van der Waals surface area contributed by atoms with Crippen LogP contribution < -0.4 is 0 Å². The van der Waals surface area contributed by atoms with Gasteiger partial charge in [0, 0.05) is 115 Å². The molecule has 6 amide bonds. The van der Waals surface area contributed by atoms with E-state index in [4.69, 9.17) is 0 Å². The van der Waals surface area contributed by atoms with Gasteiger partial charge in [-0.2, -0.15) is 0 Å². The van der Waals surface area contributed by atoms with Crippen molar-refractivity contribution >= 4 is 35.4 Å². The summed E-state index contributed by atoms with van der Waals surface area (Å²) in [5.41, 5.74) is 85.0. The second-order valence-corrected chi connectivity index (χ2v) is 15.8. The molecule has 74 heavy (non-hydrogen) atoms. The molecule has 2 saturated carbocycles. The van der Waals surface area contributed by atoms with Gasteiger partial charge >= 0.3 is 0 Å². The first-order valence-electron chi connectivity index (χ1n) is 22.8. The summed E-state index contributed by atoms with van der Waals surface area (Å²) in [5.74, 6) is -4.66. The van der Waals surface area contributed by atoms with E-state index in [2.05, 4.69) is 215 Å². The van der Waals surface area contributed by atoms with Crippen molar-refractivity contribution in [2.24, 2.45) is 0 Å². The number of hydrogen-bond acceptors (Lipinski definition) is 6. The third kappa shape index (κ3) is 17.5. The lowest BCUT2D eigenvalue weighted by molar-refractivity contribution is -0.148. The first-order chi connectivity index (χ1) is 36.0. The van der Waals surface area contributed by atoms with Gasteiger partial charge in [-0.15, -0.1) is 0 Å². The molecular weight excluding hydrogens is 921 g/mol. The van der Waals surface area contributed by atoms with Gasteiger partial charge in [0.15, 0.2) is 5.82 Å². The third-order valence-electron chi connectivity index (χ3n) is 10.7. The zero-order valence-electron chi connectivity index (χ0n) is 40.7. The minimum Gasteiger partial charge on any atom is -0.323 e. The Hall–Kier alpha value is -11.0. The molecule has 2 aliphatic carbocycles. The molecule has 0 spiro atoms. The Morgan fingerprint density at radius 3 is 0.892 bits per heavy atom. The van der Waals surface area contributed by atoms with Crippen molar-refractivity contribution in [3.05, 3.63) is 232 Å². The number of carbonyl (C=O) groups is 6. The largest absolute Gasteiger partial charge is 0.323 e. The van der Waals surface area contributed by atoms with E-state index in [1.807, 2.05) is 0 Å². The molecule has 2 heterocycles. The highest BCUT2D eigenvalue weighted by Crippen LogP contribution is 2.35. The smallest absolute Gasteiger partial charge is 0.258 e. The van der Waals surface area contributed by atoms with E-state index in [1.54, 1.807) is 0 Å². The van der Waals surface area contributed by atoms with Crippen molar-refractivity contribution in [1.82, 2.24) is 19.6 Å². The van der Waals surface area contributed by atoms with Crippen molar-refractivity contribution in [2.45, 2.75) is 115 Å². The van der Waals surface area contributed by atoms with Crippen molar-refractivity contribution in [2.75, 3.05) is 0 Å². The summed E-state index contributed by atoms with van der Waals surface area (Å²) >= 11 is 0. The summed E-state index contributed by atoms with van der Waals surface area (Å²) in [6, 6.07) is -3.10. The van der Waals surface area contributed by atoms with Crippen LogP contribution in [-0.4, -0.2) is 79.2 Å². The zero-order valence-corrected chi connectivity index (χ0v) is 40.7. The molecule has 0 N–H and O–H groups in total. The Kier molecular flexibility index (Phi) is 23.4. The van der Waals surface area contributed by atoms with E-state index in [9.17, 15) is 28.8 Å². The van der Waals surface area contributed by atoms with E-state index in [0.29, 0.717) is 35.5 Å². The van der Waals surface area contributed by atoms with E-state index < -0.39 is 66.2 Å². The summed E-state index contributed by atoms with van der Waals surface area (Å²) < 4.78 is 0. The predicted octanol–water partition coefficient (Wildman–Crippen LogP) is 8.46. The number of rotatable bonds is 8. The van der Waals surface area contributed by atoms with Crippen LogP contribution >= 0.6 is 0 Å². The standard InChI is InChI=1S/C64H40N4O6/c1-6-7-8-9-10-11-12-13-14-15-16-17-18-19-20-21-22-23-24-25-26-27-28-29-30-31-32-33-34-35-36-37-44-49-58(67-59(69)50-56(63(67)73)65(61(71)52(2)3)54-45-40-38-41-46-54)68-60(70)51-57(64(68)74)66(62(72)53(4)5)55-47-42-39-43-48-55/h54-57H,1-2,4,38-43,45-48,50-51H2,3,5H3. The van der Waals surface area contributed by atoms with Gasteiger partial charge in [-0.1, -0.05) is 57.4 Å². The number of likely N-dealkylation sites (tertiary alicyclic amines) is 2. The van der Waals surface area contributed by atoms with Crippen LogP contribution in [0.5, 0.6) is 0 Å². The van der Waals surface area contributed by atoms with Crippen LogP contribution in [0, 0.1) is 0 Å². The Balaban J connectivity index is 1.74. The van der Waals surface area contributed by atoms with E-state index in [0.717, 1.165) is 38.5 Å². The third-order valence-corrected chi connectivity index (χ3v) is 10.7. The maximum absolute atomic E-state index is 14.4. The summed E-state index contributed by atoms with van der Waals surface area (Å²) in [4.78, 5) is 88.1. The molecule has 0 bridgehead atoms. The lowest BCUT2D eigenvalue weighted by atomic mass is 9.92. The highest BCUT2D eigenvalue weighted by Gasteiger charge is 2.53. The van der Waals surface area contributed by atoms with Gasteiger partial charge in [0.1, 0.15) is 12.1 Å². The Morgan fingerprint density at radius 2 is 0.649 bits per heavy atom. The quantitative estimate of drug-likeness (QED) is 0.137. The van der Waals surface area contributed by atoms with Crippen molar-refractivity contribution in [3.8, 4) is 0 Å². The van der Waals surface area contributed by atoms with E-state index >= 15 is 0 Å². The number of nitrogens with zero attached hydrogens (tertiary/aromatic N) is 4. The second-order valence-electron chi connectivity index (χ2n) is 15.8. The van der Waals surface area contributed by atoms with Gasteiger partial charge in [-0.05, 0) is 144 Å². The van der Waals surface area contributed by atoms with Gasteiger partial charge < -0.3 is 9.80 Å². The minimum atomic E-state index is -1.23. The van der Waals surface area contributed by atoms with Gasteiger partial charge in [-0.3, -0.25) is 28.8 Å². The Morgan fingerprint density at radius 1 is 0.405 bits per heavy atom. The van der Waals surface area contributed by atoms with Crippen LogP contribution in [0.1, 0.15) is 90.9 Å². The normalized spacial score (nSPS) is 15.1. The Labute approximate surface area is 428 Å². The SMILES string of the molecule is C=C=C=C=C=C=C=C=C=C=C=C=C=C=C=C=C=C=C=C=C=C=C=C=C=C=C=C=C=C=C=C=C=C=C=C(N1C(=O)CC(N(C(=O)C(=C)C)C2CCCCC2)C1=O)N1C(=O)CC(N(C(=O)C(=C)C)C2CCCCC2)C1=O. The highest BCUT2D eigenvalue weighted by atomic mass is 16.2. The molecule has 4 fully saturated rings. The second kappa shape index (κ2) is 31.2. The molecule has 4 rings (SSSR count). The lowest BCUT2D eigenvalue weighted by Gasteiger charge is -2.38. The number of amides is 6. The average molecular weight is 961 g/mol. The first-order valence-corrected chi connectivity index (χ1v) is 22.8. The maximum atomic E-state index is 14.4. The molecule has 2 saturated heterocycles. The van der Waals surface area contributed by atoms with Crippen molar-refractivity contribution in [3.63, 3.8) is 0 Å². The Bertz CT molecular complexity index is 3820.